The predicted octanol–water partition coefficient (Wildman–Crippen LogP) is 23.1. The van der Waals surface area contributed by atoms with E-state index in [9.17, 15) is 0 Å². The lowest BCUT2D eigenvalue weighted by Gasteiger charge is -2.33. The number of fused-ring (bicyclic) bond motifs is 9. The molecule has 2 aliphatic carbocycles. The molecular weight excluding hydrogens is 927 g/mol. The third kappa shape index (κ3) is 11.3. The maximum atomic E-state index is 2.59. The maximum absolute atomic E-state index is 2.59. The lowest BCUT2D eigenvalue weighted by atomic mass is 9.70. The predicted molar refractivity (Wildman–Crippen MR) is 338 cm³/mol. The third-order valence-corrected chi connectivity index (χ3v) is 18.7. The van der Waals surface area contributed by atoms with Gasteiger partial charge < -0.3 is 4.57 Å². The minimum Gasteiger partial charge on any atom is -0.341 e. The summed E-state index contributed by atoms with van der Waals surface area (Å²) in [7, 11) is 0. The molecule has 0 unspecified atom stereocenters. The second-order valence-corrected chi connectivity index (χ2v) is 24.3. The second kappa shape index (κ2) is 25.0. The van der Waals surface area contributed by atoms with Crippen LogP contribution < -0.4 is 0 Å². The van der Waals surface area contributed by atoms with Crippen molar-refractivity contribution >= 4 is 21.8 Å². The summed E-state index contributed by atoms with van der Waals surface area (Å²) in [6.07, 6.45) is 26.2. The van der Waals surface area contributed by atoms with Crippen LogP contribution >= 0.6 is 0 Å². The highest BCUT2D eigenvalue weighted by Crippen LogP contribution is 2.57. The van der Waals surface area contributed by atoms with Crippen LogP contribution in [0.2, 0.25) is 0 Å². The smallest absolute Gasteiger partial charge is 0.0491 e. The molecule has 0 saturated heterocycles. The second-order valence-electron chi connectivity index (χ2n) is 24.3. The van der Waals surface area contributed by atoms with Gasteiger partial charge in [-0.05, 0) is 194 Å². The van der Waals surface area contributed by atoms with Gasteiger partial charge in [0, 0.05) is 39.2 Å². The summed E-state index contributed by atoms with van der Waals surface area (Å²) in [5, 5.41) is 2.75. The van der Waals surface area contributed by atoms with Gasteiger partial charge >= 0.3 is 0 Å². The Morgan fingerprint density at radius 1 is 0.299 bits per heavy atom. The lowest BCUT2D eigenvalue weighted by Crippen LogP contribution is -2.25. The highest BCUT2D eigenvalue weighted by atomic mass is 15.0. The summed E-state index contributed by atoms with van der Waals surface area (Å²) >= 11 is 0. The Morgan fingerprint density at radius 3 is 1.14 bits per heavy atom. The van der Waals surface area contributed by atoms with E-state index in [4.69, 9.17) is 0 Å². The Kier molecular flexibility index (Phi) is 18.2. The van der Waals surface area contributed by atoms with Crippen molar-refractivity contribution in [1.29, 1.82) is 0 Å². The molecule has 0 amide bonds. The van der Waals surface area contributed by atoms with Crippen LogP contribution in [0.3, 0.4) is 0 Å². The van der Waals surface area contributed by atoms with Gasteiger partial charge in [-0.15, -0.1) is 0 Å². The number of benzene rings is 7. The molecule has 2 aliphatic rings. The molecule has 0 saturated carbocycles. The summed E-state index contributed by atoms with van der Waals surface area (Å²) in [5.74, 6) is 0. The van der Waals surface area contributed by atoms with E-state index in [0.29, 0.717) is 0 Å². The number of aryl methyl sites for hydroxylation is 7. The minimum atomic E-state index is 0.119. The first-order valence-corrected chi connectivity index (χ1v) is 31.0. The van der Waals surface area contributed by atoms with E-state index in [1.54, 1.807) is 22.3 Å². The molecule has 0 spiro atoms. The minimum absolute atomic E-state index is 0.119. The van der Waals surface area contributed by atoms with E-state index in [0.717, 1.165) is 6.54 Å². The van der Waals surface area contributed by atoms with Crippen molar-refractivity contribution in [3.8, 4) is 44.5 Å². The zero-order valence-corrected chi connectivity index (χ0v) is 49.8. The van der Waals surface area contributed by atoms with E-state index >= 15 is 0 Å². The van der Waals surface area contributed by atoms with Crippen LogP contribution in [0.5, 0.6) is 0 Å². The Bertz CT molecular complexity index is 3290. The van der Waals surface area contributed by atoms with Crippen LogP contribution in [0, 0.1) is 41.5 Å². The average Bonchev–Trinajstić information content (AvgIpc) is 4.00. The van der Waals surface area contributed by atoms with Gasteiger partial charge in [0.25, 0.3) is 0 Å². The fraction of sp³-hybridized carbons (Fsp3) is 0.447. The SMILES string of the molecule is CCCCCCC1(CCCCCC)c2cc(C)ccc2-c2ccc(-c3cc(C)c(C)cc3C)cc21.CCCCCCC1(CCCCCC)c2cc(C)ccc2-c2ccc(-c3ccc4c(c3)c3cc(C)ccc3n4CC)cc21. The van der Waals surface area contributed by atoms with Gasteiger partial charge in [-0.1, -0.05) is 232 Å². The quantitative estimate of drug-likeness (QED) is 0.0563. The van der Waals surface area contributed by atoms with Crippen molar-refractivity contribution in [2.45, 2.75) is 222 Å². The maximum Gasteiger partial charge on any atom is 0.0491 e. The number of nitrogens with zero attached hydrogens (tertiary/aromatic N) is 1. The van der Waals surface area contributed by atoms with Crippen LogP contribution in [0.25, 0.3) is 66.3 Å². The van der Waals surface area contributed by atoms with Crippen LogP contribution in [0.1, 0.15) is 219 Å². The molecule has 0 fully saturated rings. The van der Waals surface area contributed by atoms with E-state index in [1.807, 2.05) is 0 Å². The van der Waals surface area contributed by atoms with Crippen molar-refractivity contribution in [2.75, 3.05) is 0 Å². The molecule has 77 heavy (non-hydrogen) atoms. The van der Waals surface area contributed by atoms with Crippen molar-refractivity contribution in [1.82, 2.24) is 4.57 Å². The van der Waals surface area contributed by atoms with Gasteiger partial charge in [-0.25, -0.2) is 0 Å². The topological polar surface area (TPSA) is 4.93 Å². The first-order chi connectivity index (χ1) is 37.4. The van der Waals surface area contributed by atoms with Gasteiger partial charge in [-0.2, -0.15) is 0 Å². The highest BCUT2D eigenvalue weighted by Gasteiger charge is 2.44. The summed E-state index contributed by atoms with van der Waals surface area (Å²) in [6, 6.07) is 48.2. The molecular formula is C76H95N. The van der Waals surface area contributed by atoms with Crippen LogP contribution in [-0.4, -0.2) is 4.57 Å². The largest absolute Gasteiger partial charge is 0.341 e. The number of hydrogen-bond donors (Lipinski definition) is 0. The summed E-state index contributed by atoms with van der Waals surface area (Å²) in [5.41, 5.74) is 29.0. The molecule has 1 heterocycles. The van der Waals surface area contributed by atoms with Crippen LogP contribution in [0.4, 0.5) is 0 Å². The van der Waals surface area contributed by atoms with Gasteiger partial charge in [-0.3, -0.25) is 0 Å². The van der Waals surface area contributed by atoms with E-state index < -0.39 is 0 Å². The van der Waals surface area contributed by atoms with Crippen LogP contribution in [-0.2, 0) is 17.4 Å². The van der Waals surface area contributed by atoms with Crippen LogP contribution in [0.15, 0.2) is 121 Å². The molecule has 0 aliphatic heterocycles. The molecule has 7 aromatic carbocycles. The number of rotatable bonds is 23. The summed E-state index contributed by atoms with van der Waals surface area (Å²) in [4.78, 5) is 0. The van der Waals surface area contributed by atoms with Crippen molar-refractivity contribution in [2.24, 2.45) is 0 Å². The van der Waals surface area contributed by atoms with Crippen molar-refractivity contribution in [3.05, 3.63) is 177 Å². The van der Waals surface area contributed by atoms with Crippen molar-refractivity contribution in [3.63, 3.8) is 0 Å². The van der Waals surface area contributed by atoms with E-state index in [2.05, 4.69) is 202 Å². The number of aromatic nitrogens is 1. The molecule has 8 aromatic rings. The monoisotopic (exact) mass is 1020 g/mol. The molecule has 0 N–H and O–H groups in total. The molecule has 1 heteroatoms. The number of unbranched alkanes of at least 4 members (excludes halogenated alkanes) is 12. The molecule has 0 radical (unpaired) electrons. The molecule has 1 aromatic heterocycles. The molecule has 1 nitrogen and oxygen atoms in total. The first kappa shape index (κ1) is 56.1. The van der Waals surface area contributed by atoms with E-state index in [1.165, 1.54) is 228 Å². The fourth-order valence-electron chi connectivity index (χ4n) is 14.3. The third-order valence-electron chi connectivity index (χ3n) is 18.7. The van der Waals surface area contributed by atoms with Gasteiger partial charge in [0.05, 0.1) is 0 Å². The Hall–Kier alpha value is -5.66. The summed E-state index contributed by atoms with van der Waals surface area (Å²) < 4.78 is 2.47. The average molecular weight is 1020 g/mol. The fourth-order valence-corrected chi connectivity index (χ4v) is 14.3. The number of hydrogen-bond acceptors (Lipinski definition) is 0. The highest BCUT2D eigenvalue weighted by molar-refractivity contribution is 6.09. The zero-order valence-electron chi connectivity index (χ0n) is 49.8. The zero-order chi connectivity index (χ0) is 54.3. The molecule has 404 valence electrons. The Labute approximate surface area is 467 Å². The normalized spacial score (nSPS) is 13.6. The summed E-state index contributed by atoms with van der Waals surface area (Å²) in [6.45, 7) is 26.0. The van der Waals surface area contributed by atoms with Gasteiger partial charge in [0.2, 0.25) is 0 Å². The lowest BCUT2D eigenvalue weighted by molar-refractivity contribution is 0.401. The Morgan fingerprint density at radius 2 is 0.662 bits per heavy atom. The molecule has 0 bridgehead atoms. The molecule has 10 rings (SSSR count). The standard InChI is InChI=1S/C41H49N.C35H46/c1-6-9-11-13-23-41(24-14-12-10-7-2)37-26-30(5)15-19-33(37)34-20-17-32(28-38(34)41)31-18-22-40-36(27-31)35-25-29(4)16-21-39(35)42(40)8-3;1-7-9-11-13-19-35(20-14-12-10-8-2)33-21-25(3)15-17-30(33)31-18-16-29(24-34(31)35)32-23-27(5)26(4)22-28(32)6/h15-22,25-28H,6-14,23-24H2,1-5H3;15-18,21-24H,7-14,19-20H2,1-6H3. The molecule has 0 atom stereocenters. The van der Waals surface area contributed by atoms with Gasteiger partial charge in [0.1, 0.15) is 0 Å². The first-order valence-electron chi connectivity index (χ1n) is 31.0. The Balaban J connectivity index is 0.000000191. The van der Waals surface area contributed by atoms with Gasteiger partial charge in [0.15, 0.2) is 0 Å². The van der Waals surface area contributed by atoms with Crippen molar-refractivity contribution < 1.29 is 0 Å². The van der Waals surface area contributed by atoms with E-state index in [-0.39, 0.29) is 10.8 Å².